The number of aliphatic carboxylic acids is 1. The molecule has 3 N–H and O–H groups in total. The minimum absolute atomic E-state index is 0.189. The normalized spacial score (nSPS) is 12.5. The minimum atomic E-state index is -1.05. The first-order valence-electron chi connectivity index (χ1n) is 6.07. The monoisotopic (exact) mass is 285 g/mol. The maximum absolute atomic E-state index is 11.7. The van der Waals surface area contributed by atoms with Gasteiger partial charge in [-0.2, -0.15) is 0 Å². The van der Waals surface area contributed by atoms with Crippen LogP contribution in [0.25, 0.3) is 0 Å². The number of carbonyl (C=O) groups excluding carboxylic acids is 1. The zero-order chi connectivity index (χ0) is 14.6. The Balaban J connectivity index is 2.61. The van der Waals surface area contributed by atoms with Crippen LogP contribution in [0.15, 0.2) is 5.38 Å². The van der Waals surface area contributed by atoms with Crippen molar-refractivity contribution in [3.8, 4) is 0 Å². The number of nitrogens with zero attached hydrogens (tertiary/aromatic N) is 1. The molecular formula is C12H19N3O3S. The summed E-state index contributed by atoms with van der Waals surface area (Å²) in [5.74, 6) is -0.949. The molecule has 1 rings (SSSR count). The van der Waals surface area contributed by atoms with Crippen molar-refractivity contribution in [3.63, 3.8) is 0 Å². The van der Waals surface area contributed by atoms with Crippen LogP contribution in [0.4, 0.5) is 9.93 Å². The third-order valence-electron chi connectivity index (χ3n) is 2.55. The van der Waals surface area contributed by atoms with Gasteiger partial charge in [-0.25, -0.2) is 14.6 Å². The molecule has 0 saturated carbocycles. The van der Waals surface area contributed by atoms with Gasteiger partial charge in [0.25, 0.3) is 0 Å². The molecule has 1 aromatic heterocycles. The number of anilines is 1. The zero-order valence-electron chi connectivity index (χ0n) is 11.4. The summed E-state index contributed by atoms with van der Waals surface area (Å²) in [5.41, 5.74) is 0.902. The number of hydrogen-bond acceptors (Lipinski definition) is 4. The molecule has 0 fully saturated rings. The van der Waals surface area contributed by atoms with Crippen molar-refractivity contribution in [2.75, 3.05) is 5.32 Å². The fourth-order valence-electron chi connectivity index (χ4n) is 1.40. The highest BCUT2D eigenvalue weighted by atomic mass is 32.1. The molecule has 1 atom stereocenters. The van der Waals surface area contributed by atoms with Crippen molar-refractivity contribution in [2.24, 2.45) is 5.92 Å². The van der Waals surface area contributed by atoms with Crippen LogP contribution in [-0.4, -0.2) is 28.1 Å². The molecule has 2 amide bonds. The Morgan fingerprint density at radius 2 is 1.95 bits per heavy atom. The lowest BCUT2D eigenvalue weighted by Crippen LogP contribution is -2.46. The van der Waals surface area contributed by atoms with E-state index in [-0.39, 0.29) is 11.8 Å². The number of thiazole rings is 1. The Labute approximate surface area is 116 Å². The predicted molar refractivity (Wildman–Crippen MR) is 74.6 cm³/mol. The van der Waals surface area contributed by atoms with Crippen LogP contribution >= 0.6 is 11.3 Å². The average Bonchev–Trinajstić information content (AvgIpc) is 2.73. The van der Waals surface area contributed by atoms with E-state index in [1.807, 2.05) is 19.2 Å². The quantitative estimate of drug-likeness (QED) is 0.775. The Bertz CT molecular complexity index is 457. The second kappa shape index (κ2) is 6.51. The summed E-state index contributed by atoms with van der Waals surface area (Å²) < 4.78 is 0. The molecule has 0 aliphatic heterocycles. The molecule has 1 aromatic rings. The van der Waals surface area contributed by atoms with Crippen LogP contribution in [0, 0.1) is 5.92 Å². The number of rotatable bonds is 5. The molecule has 7 heteroatoms. The van der Waals surface area contributed by atoms with Gasteiger partial charge in [0, 0.05) is 5.38 Å². The van der Waals surface area contributed by atoms with Crippen molar-refractivity contribution < 1.29 is 14.7 Å². The molecule has 0 bridgehead atoms. The number of aromatic nitrogens is 1. The second-order valence-electron chi connectivity index (χ2n) is 4.89. The number of nitrogens with one attached hydrogen (secondary N) is 2. The van der Waals surface area contributed by atoms with Crippen molar-refractivity contribution in [2.45, 2.75) is 39.7 Å². The molecule has 0 aromatic carbocycles. The first-order chi connectivity index (χ1) is 8.81. The Kier molecular flexibility index (Phi) is 5.29. The van der Waals surface area contributed by atoms with Gasteiger partial charge in [-0.1, -0.05) is 27.7 Å². The van der Waals surface area contributed by atoms with E-state index in [0.29, 0.717) is 5.13 Å². The van der Waals surface area contributed by atoms with E-state index in [4.69, 9.17) is 5.11 Å². The number of carbonyl (C=O) groups is 2. The SMILES string of the molecule is CC(C)c1csc(NC(=O)N[C@@H](C(=O)O)C(C)C)n1. The summed E-state index contributed by atoms with van der Waals surface area (Å²) in [5, 5.41) is 16.3. The molecule has 0 unspecified atom stereocenters. The lowest BCUT2D eigenvalue weighted by molar-refractivity contribution is -0.140. The number of carboxylic acid groups (broad SMARTS) is 1. The van der Waals surface area contributed by atoms with E-state index < -0.39 is 18.0 Å². The molecule has 0 radical (unpaired) electrons. The highest BCUT2D eigenvalue weighted by molar-refractivity contribution is 7.13. The van der Waals surface area contributed by atoms with E-state index in [9.17, 15) is 9.59 Å². The first-order valence-corrected chi connectivity index (χ1v) is 6.95. The summed E-state index contributed by atoms with van der Waals surface area (Å²) in [6.45, 7) is 7.49. The van der Waals surface area contributed by atoms with E-state index in [0.717, 1.165) is 5.69 Å². The van der Waals surface area contributed by atoms with Gasteiger partial charge < -0.3 is 10.4 Å². The van der Waals surface area contributed by atoms with Crippen LogP contribution in [0.1, 0.15) is 39.3 Å². The molecule has 0 spiro atoms. The van der Waals surface area contributed by atoms with E-state index >= 15 is 0 Å². The molecular weight excluding hydrogens is 266 g/mol. The van der Waals surface area contributed by atoms with Crippen LogP contribution in [0.5, 0.6) is 0 Å². The Hall–Kier alpha value is -1.63. The van der Waals surface area contributed by atoms with Crippen LogP contribution in [-0.2, 0) is 4.79 Å². The van der Waals surface area contributed by atoms with Crippen molar-refractivity contribution in [1.82, 2.24) is 10.3 Å². The lowest BCUT2D eigenvalue weighted by Gasteiger charge is -2.17. The molecule has 106 valence electrons. The molecule has 6 nitrogen and oxygen atoms in total. The smallest absolute Gasteiger partial charge is 0.326 e. The number of carboxylic acids is 1. The van der Waals surface area contributed by atoms with Gasteiger partial charge >= 0.3 is 12.0 Å². The summed E-state index contributed by atoms with van der Waals surface area (Å²) >= 11 is 1.32. The van der Waals surface area contributed by atoms with Gasteiger partial charge in [0.2, 0.25) is 0 Å². The number of amides is 2. The standard InChI is InChI=1S/C12H19N3O3S/c1-6(2)8-5-19-12(13-8)15-11(18)14-9(7(3)4)10(16)17/h5-7,9H,1-4H3,(H,16,17)(H2,13,14,15,18)/t9-/m1/s1. The largest absolute Gasteiger partial charge is 0.480 e. The van der Waals surface area contributed by atoms with Crippen LogP contribution in [0.2, 0.25) is 0 Å². The maximum atomic E-state index is 11.7. The fraction of sp³-hybridized carbons (Fsp3) is 0.583. The summed E-state index contributed by atoms with van der Waals surface area (Å²) in [7, 11) is 0. The summed E-state index contributed by atoms with van der Waals surface area (Å²) in [6.07, 6.45) is 0. The molecule has 0 aliphatic carbocycles. The van der Waals surface area contributed by atoms with Crippen LogP contribution < -0.4 is 10.6 Å². The Morgan fingerprint density at radius 3 is 2.37 bits per heavy atom. The summed E-state index contributed by atoms with van der Waals surface area (Å²) in [4.78, 5) is 26.9. The third-order valence-corrected chi connectivity index (χ3v) is 3.33. The third kappa shape index (κ3) is 4.51. The lowest BCUT2D eigenvalue weighted by atomic mass is 10.1. The van der Waals surface area contributed by atoms with Gasteiger partial charge in [-0.05, 0) is 11.8 Å². The van der Waals surface area contributed by atoms with E-state index in [2.05, 4.69) is 15.6 Å². The topological polar surface area (TPSA) is 91.3 Å². The molecule has 1 heterocycles. The highest BCUT2D eigenvalue weighted by Crippen LogP contribution is 2.21. The van der Waals surface area contributed by atoms with Crippen LogP contribution in [0.3, 0.4) is 0 Å². The first kappa shape index (κ1) is 15.4. The van der Waals surface area contributed by atoms with Gasteiger partial charge in [0.1, 0.15) is 6.04 Å². The fourth-order valence-corrected chi connectivity index (χ4v) is 2.26. The van der Waals surface area contributed by atoms with E-state index in [1.165, 1.54) is 11.3 Å². The maximum Gasteiger partial charge on any atom is 0.326 e. The predicted octanol–water partition coefficient (Wildman–Crippen LogP) is 2.50. The molecule has 0 aliphatic rings. The molecule has 19 heavy (non-hydrogen) atoms. The second-order valence-corrected chi connectivity index (χ2v) is 5.75. The van der Waals surface area contributed by atoms with Gasteiger partial charge in [0.05, 0.1) is 5.69 Å². The van der Waals surface area contributed by atoms with Crippen molar-refractivity contribution in [3.05, 3.63) is 11.1 Å². The zero-order valence-corrected chi connectivity index (χ0v) is 12.2. The van der Waals surface area contributed by atoms with E-state index in [1.54, 1.807) is 13.8 Å². The Morgan fingerprint density at radius 1 is 1.32 bits per heavy atom. The van der Waals surface area contributed by atoms with Crippen molar-refractivity contribution >= 4 is 28.5 Å². The average molecular weight is 285 g/mol. The van der Waals surface area contributed by atoms with Gasteiger partial charge in [-0.3, -0.25) is 5.32 Å². The number of urea groups is 1. The minimum Gasteiger partial charge on any atom is -0.480 e. The molecule has 0 saturated heterocycles. The highest BCUT2D eigenvalue weighted by Gasteiger charge is 2.23. The van der Waals surface area contributed by atoms with Crippen molar-refractivity contribution in [1.29, 1.82) is 0 Å². The van der Waals surface area contributed by atoms with Gasteiger partial charge in [-0.15, -0.1) is 11.3 Å². The number of hydrogen-bond donors (Lipinski definition) is 3. The van der Waals surface area contributed by atoms with Gasteiger partial charge in [0.15, 0.2) is 5.13 Å². The summed E-state index contributed by atoms with van der Waals surface area (Å²) in [6, 6.07) is -1.46.